The van der Waals surface area contributed by atoms with Crippen molar-refractivity contribution in [2.75, 3.05) is 38.2 Å². The molecule has 23 heavy (non-hydrogen) atoms. The molecule has 0 saturated carbocycles. The molecule has 1 fully saturated rings. The van der Waals surface area contributed by atoms with Crippen LogP contribution in [0.3, 0.4) is 0 Å². The molecule has 0 aromatic heterocycles. The van der Waals surface area contributed by atoms with E-state index in [1.165, 1.54) is 6.07 Å². The number of carbonyl (C=O) groups excluding carboxylic acids is 1. The van der Waals surface area contributed by atoms with Gasteiger partial charge in [0.05, 0.1) is 18.6 Å². The molecule has 6 heteroatoms. The molecule has 0 radical (unpaired) electrons. The zero-order chi connectivity index (χ0) is 16.8. The second-order valence-electron chi connectivity index (χ2n) is 5.72. The molecule has 0 bridgehead atoms. The second kappa shape index (κ2) is 7.97. The number of anilines is 1. The molecule has 2 N–H and O–H groups in total. The zero-order valence-electron chi connectivity index (χ0n) is 13.7. The van der Waals surface area contributed by atoms with Gasteiger partial charge in [0.2, 0.25) is 0 Å². The molecule has 2 rings (SSSR count). The van der Waals surface area contributed by atoms with Gasteiger partial charge >= 0.3 is 0 Å². The average molecular weight is 321 g/mol. The minimum Gasteiger partial charge on any atom is -0.502 e. The number of benzene rings is 1. The number of carbonyl (C=O) groups is 1. The van der Waals surface area contributed by atoms with Crippen molar-refractivity contribution in [2.45, 2.75) is 19.4 Å². The predicted molar refractivity (Wildman–Crippen MR) is 89.2 cm³/mol. The number of nitrogens with one attached hydrogen (secondary N) is 2. The van der Waals surface area contributed by atoms with Crippen LogP contribution in [0.15, 0.2) is 30.5 Å². The molecule has 1 heterocycles. The van der Waals surface area contributed by atoms with Crippen molar-refractivity contribution in [1.82, 2.24) is 10.6 Å². The van der Waals surface area contributed by atoms with Gasteiger partial charge < -0.3 is 20.3 Å². The molecule has 126 valence electrons. The van der Waals surface area contributed by atoms with Crippen LogP contribution >= 0.6 is 0 Å². The summed E-state index contributed by atoms with van der Waals surface area (Å²) in [4.78, 5) is 14.2. The number of halogens is 1. The number of hydrogen-bond donors (Lipinski definition) is 2. The highest BCUT2D eigenvalue weighted by molar-refractivity contribution is 5.94. The van der Waals surface area contributed by atoms with E-state index in [1.807, 2.05) is 11.8 Å². The number of methoxy groups -OCH3 is 1. The standard InChI is InChI=1S/C17H24FN3O2/c1-12(10-13(2)23-3)20-17(22)14-4-5-16(15(18)11-14)21-8-6-19-7-9-21/h4-5,11-12,19H,2,6-10H2,1,3H3,(H,20,22). The minimum atomic E-state index is -0.367. The number of rotatable bonds is 6. The van der Waals surface area contributed by atoms with Crippen LogP contribution in [0.5, 0.6) is 0 Å². The van der Waals surface area contributed by atoms with Crippen LogP contribution < -0.4 is 15.5 Å². The van der Waals surface area contributed by atoms with Gasteiger partial charge in [-0.2, -0.15) is 0 Å². The first-order valence-electron chi connectivity index (χ1n) is 7.79. The van der Waals surface area contributed by atoms with Crippen molar-refractivity contribution in [3.8, 4) is 0 Å². The van der Waals surface area contributed by atoms with E-state index >= 15 is 0 Å². The molecule has 1 aliphatic heterocycles. The first kappa shape index (κ1) is 17.3. The van der Waals surface area contributed by atoms with Crippen LogP contribution in [0, 0.1) is 5.82 Å². The second-order valence-corrected chi connectivity index (χ2v) is 5.72. The summed E-state index contributed by atoms with van der Waals surface area (Å²) in [6, 6.07) is 4.50. The predicted octanol–water partition coefficient (Wildman–Crippen LogP) is 1.90. The Balaban J connectivity index is 2.01. The monoisotopic (exact) mass is 321 g/mol. The normalized spacial score (nSPS) is 15.9. The maximum absolute atomic E-state index is 14.3. The highest BCUT2D eigenvalue weighted by atomic mass is 19.1. The average Bonchev–Trinajstić information content (AvgIpc) is 2.55. The Morgan fingerprint density at radius 3 is 2.78 bits per heavy atom. The maximum Gasteiger partial charge on any atom is 0.251 e. The number of amides is 1. The van der Waals surface area contributed by atoms with Crippen LogP contribution in [0.25, 0.3) is 0 Å². The van der Waals surface area contributed by atoms with Gasteiger partial charge in [0.1, 0.15) is 5.82 Å². The minimum absolute atomic E-state index is 0.133. The molecule has 1 unspecified atom stereocenters. The summed E-state index contributed by atoms with van der Waals surface area (Å²) in [6.07, 6.45) is 0.517. The SMILES string of the molecule is C=C(CC(C)NC(=O)c1ccc(N2CCNCC2)c(F)c1)OC. The van der Waals surface area contributed by atoms with E-state index in [4.69, 9.17) is 4.74 Å². The zero-order valence-corrected chi connectivity index (χ0v) is 13.7. The number of nitrogens with zero attached hydrogens (tertiary/aromatic N) is 1. The van der Waals surface area contributed by atoms with Crippen LogP contribution in [0.2, 0.25) is 0 Å². The Morgan fingerprint density at radius 2 is 2.17 bits per heavy atom. The van der Waals surface area contributed by atoms with Crippen molar-refractivity contribution in [2.24, 2.45) is 0 Å². The molecular weight excluding hydrogens is 297 g/mol. The Kier molecular flexibility index (Phi) is 5.98. The fourth-order valence-corrected chi connectivity index (χ4v) is 2.59. The summed E-state index contributed by atoms with van der Waals surface area (Å²) in [5.74, 6) is -0.0706. The summed E-state index contributed by atoms with van der Waals surface area (Å²) < 4.78 is 19.3. The van der Waals surface area contributed by atoms with Gasteiger partial charge in [-0.25, -0.2) is 4.39 Å². The number of hydrogen-bond acceptors (Lipinski definition) is 4. The van der Waals surface area contributed by atoms with Crippen LogP contribution in [-0.2, 0) is 4.74 Å². The number of ether oxygens (including phenoxy) is 1. The molecule has 1 amide bonds. The highest BCUT2D eigenvalue weighted by Gasteiger charge is 2.17. The van der Waals surface area contributed by atoms with Crippen LogP contribution in [0.1, 0.15) is 23.7 Å². The fourth-order valence-electron chi connectivity index (χ4n) is 2.59. The largest absolute Gasteiger partial charge is 0.502 e. The van der Waals surface area contributed by atoms with E-state index in [-0.39, 0.29) is 17.8 Å². The Labute approximate surface area is 136 Å². The molecule has 1 atom stereocenters. The van der Waals surface area contributed by atoms with Gasteiger partial charge in [0.25, 0.3) is 5.91 Å². The molecular formula is C17H24FN3O2. The maximum atomic E-state index is 14.3. The van der Waals surface area contributed by atoms with Crippen LogP contribution in [-0.4, -0.2) is 45.2 Å². The first-order chi connectivity index (χ1) is 11.0. The topological polar surface area (TPSA) is 53.6 Å². The van der Waals surface area contributed by atoms with Gasteiger partial charge in [0, 0.05) is 44.2 Å². The summed E-state index contributed by atoms with van der Waals surface area (Å²) >= 11 is 0. The van der Waals surface area contributed by atoms with Crippen molar-refractivity contribution in [1.29, 1.82) is 0 Å². The Hall–Kier alpha value is -2.08. The third-order valence-corrected chi connectivity index (χ3v) is 3.87. The summed E-state index contributed by atoms with van der Waals surface area (Å²) in [5, 5.41) is 6.05. The lowest BCUT2D eigenvalue weighted by Gasteiger charge is -2.29. The van der Waals surface area contributed by atoms with E-state index in [0.717, 1.165) is 26.2 Å². The van der Waals surface area contributed by atoms with E-state index in [1.54, 1.807) is 19.2 Å². The quantitative estimate of drug-likeness (QED) is 0.786. The van der Waals surface area contributed by atoms with Gasteiger partial charge in [-0.1, -0.05) is 6.58 Å². The molecule has 0 aliphatic carbocycles. The molecule has 0 spiro atoms. The van der Waals surface area contributed by atoms with E-state index in [0.29, 0.717) is 23.4 Å². The lowest BCUT2D eigenvalue weighted by Crippen LogP contribution is -2.43. The first-order valence-corrected chi connectivity index (χ1v) is 7.79. The Morgan fingerprint density at radius 1 is 1.48 bits per heavy atom. The number of piperazine rings is 1. The van der Waals surface area contributed by atoms with Crippen molar-refractivity contribution >= 4 is 11.6 Å². The van der Waals surface area contributed by atoms with Crippen LogP contribution in [0.4, 0.5) is 10.1 Å². The van der Waals surface area contributed by atoms with Gasteiger partial charge in [-0.05, 0) is 25.1 Å². The van der Waals surface area contributed by atoms with Gasteiger partial charge in [0.15, 0.2) is 0 Å². The molecule has 5 nitrogen and oxygen atoms in total. The third kappa shape index (κ3) is 4.69. The summed E-state index contributed by atoms with van der Waals surface area (Å²) in [6.45, 7) is 8.78. The van der Waals surface area contributed by atoms with Crippen molar-refractivity contribution in [3.63, 3.8) is 0 Å². The Bertz CT molecular complexity index is 571. The fraction of sp³-hybridized carbons (Fsp3) is 0.471. The summed E-state index contributed by atoms with van der Waals surface area (Å²) in [7, 11) is 1.54. The highest BCUT2D eigenvalue weighted by Crippen LogP contribution is 2.21. The lowest BCUT2D eigenvalue weighted by atomic mass is 10.1. The molecule has 1 aliphatic rings. The molecule has 1 aromatic carbocycles. The molecule has 1 aromatic rings. The summed E-state index contributed by atoms with van der Waals surface area (Å²) in [5.41, 5.74) is 0.861. The molecule has 1 saturated heterocycles. The van der Waals surface area contributed by atoms with E-state index < -0.39 is 0 Å². The lowest BCUT2D eigenvalue weighted by molar-refractivity contribution is 0.0936. The van der Waals surface area contributed by atoms with Crippen molar-refractivity contribution < 1.29 is 13.9 Å². The third-order valence-electron chi connectivity index (χ3n) is 3.87. The van der Waals surface area contributed by atoms with Gasteiger partial charge in [-0.15, -0.1) is 0 Å². The van der Waals surface area contributed by atoms with E-state index in [2.05, 4.69) is 17.2 Å². The van der Waals surface area contributed by atoms with Gasteiger partial charge in [-0.3, -0.25) is 4.79 Å². The van der Waals surface area contributed by atoms with E-state index in [9.17, 15) is 9.18 Å². The smallest absolute Gasteiger partial charge is 0.251 e. The van der Waals surface area contributed by atoms with Crippen molar-refractivity contribution in [3.05, 3.63) is 41.9 Å².